The first kappa shape index (κ1) is 18.2. The third-order valence-electron chi connectivity index (χ3n) is 4.82. The number of nitrogens with one attached hydrogen (secondary N) is 1. The van der Waals surface area contributed by atoms with Gasteiger partial charge in [-0.3, -0.25) is 4.79 Å². The van der Waals surface area contributed by atoms with Crippen molar-refractivity contribution < 1.29 is 14.3 Å². The Morgan fingerprint density at radius 1 is 1.31 bits per heavy atom. The number of carbonyl (C=O) groups is 2. The van der Waals surface area contributed by atoms with Gasteiger partial charge in [0, 0.05) is 30.9 Å². The Balaban J connectivity index is 1.95. The molecule has 3 rings (SSSR count). The van der Waals surface area contributed by atoms with Crippen LogP contribution >= 0.6 is 0 Å². The van der Waals surface area contributed by atoms with Crippen molar-refractivity contribution in [1.29, 1.82) is 0 Å². The molecule has 1 aliphatic rings. The fourth-order valence-electron chi connectivity index (χ4n) is 3.46. The van der Waals surface area contributed by atoms with Gasteiger partial charge in [0.1, 0.15) is 11.4 Å². The minimum atomic E-state index is -0.370. The Morgan fingerprint density at radius 2 is 2.08 bits per heavy atom. The molecule has 0 saturated carbocycles. The number of pyridine rings is 1. The van der Waals surface area contributed by atoms with Gasteiger partial charge in [-0.1, -0.05) is 25.1 Å². The van der Waals surface area contributed by atoms with E-state index in [9.17, 15) is 9.59 Å². The maximum Gasteiger partial charge on any atom is 0.342 e. The van der Waals surface area contributed by atoms with Crippen LogP contribution in [0.5, 0.6) is 0 Å². The average molecular weight is 355 g/mol. The summed E-state index contributed by atoms with van der Waals surface area (Å²) in [5.41, 5.74) is 2.17. The molecule has 6 heteroatoms. The van der Waals surface area contributed by atoms with Gasteiger partial charge in [0.15, 0.2) is 0 Å². The lowest BCUT2D eigenvalue weighted by molar-refractivity contribution is -0.129. The van der Waals surface area contributed by atoms with Gasteiger partial charge in [-0.05, 0) is 31.9 Å². The van der Waals surface area contributed by atoms with Gasteiger partial charge >= 0.3 is 5.97 Å². The summed E-state index contributed by atoms with van der Waals surface area (Å²) >= 11 is 0. The molecule has 2 heterocycles. The van der Waals surface area contributed by atoms with E-state index in [1.54, 1.807) is 6.92 Å². The van der Waals surface area contributed by atoms with E-state index in [1.807, 2.05) is 43.0 Å². The summed E-state index contributed by atoms with van der Waals surface area (Å²) in [6.07, 6.45) is 1.34. The van der Waals surface area contributed by atoms with Crippen LogP contribution in [0.25, 0.3) is 10.9 Å². The number of ether oxygens (including phenoxy) is 1. The normalized spacial score (nSPS) is 16.7. The van der Waals surface area contributed by atoms with Crippen LogP contribution in [0.1, 0.15) is 42.6 Å². The third-order valence-corrected chi connectivity index (χ3v) is 4.82. The minimum Gasteiger partial charge on any atom is -0.462 e. The van der Waals surface area contributed by atoms with Crippen molar-refractivity contribution in [2.45, 2.75) is 39.7 Å². The summed E-state index contributed by atoms with van der Waals surface area (Å²) in [6.45, 7) is 7.25. The molecule has 0 radical (unpaired) electrons. The molecule has 1 atom stereocenters. The lowest BCUT2D eigenvalue weighted by atomic mass is 10.0. The molecule has 0 spiro atoms. The Kier molecular flexibility index (Phi) is 5.40. The number of aromatic nitrogens is 1. The predicted octanol–water partition coefficient (Wildman–Crippen LogP) is 3.14. The van der Waals surface area contributed by atoms with E-state index in [2.05, 4.69) is 10.3 Å². The van der Waals surface area contributed by atoms with Crippen molar-refractivity contribution in [1.82, 2.24) is 9.88 Å². The number of para-hydroxylation sites is 1. The SMILES string of the molecule is CCOC(=O)c1c(NC2CCN(C(=O)CC)C2)nc2ccccc2c1C. The van der Waals surface area contributed by atoms with E-state index >= 15 is 0 Å². The molecule has 1 aliphatic heterocycles. The maximum absolute atomic E-state index is 12.6. The first-order valence-corrected chi connectivity index (χ1v) is 9.15. The van der Waals surface area contributed by atoms with Gasteiger partial charge < -0.3 is 15.0 Å². The highest BCUT2D eigenvalue weighted by molar-refractivity contribution is 6.02. The van der Waals surface area contributed by atoms with Gasteiger partial charge in [-0.15, -0.1) is 0 Å². The molecule has 1 aromatic heterocycles. The number of rotatable bonds is 5. The number of benzene rings is 1. The van der Waals surface area contributed by atoms with Crippen molar-refractivity contribution in [3.63, 3.8) is 0 Å². The van der Waals surface area contributed by atoms with Crippen LogP contribution in [-0.2, 0) is 9.53 Å². The summed E-state index contributed by atoms with van der Waals surface area (Å²) in [5.74, 6) is 0.322. The fourth-order valence-corrected chi connectivity index (χ4v) is 3.46. The van der Waals surface area contributed by atoms with E-state index in [0.717, 1.165) is 29.4 Å². The summed E-state index contributed by atoms with van der Waals surface area (Å²) in [4.78, 5) is 31.0. The lowest BCUT2D eigenvalue weighted by Gasteiger charge is -2.19. The number of hydrogen-bond donors (Lipinski definition) is 1. The summed E-state index contributed by atoms with van der Waals surface area (Å²) in [6, 6.07) is 7.84. The summed E-state index contributed by atoms with van der Waals surface area (Å²) in [7, 11) is 0. The largest absolute Gasteiger partial charge is 0.462 e. The monoisotopic (exact) mass is 355 g/mol. The molecule has 1 saturated heterocycles. The van der Waals surface area contributed by atoms with Gasteiger partial charge in [-0.25, -0.2) is 9.78 Å². The minimum absolute atomic E-state index is 0.0757. The second kappa shape index (κ2) is 7.72. The number of hydrogen-bond acceptors (Lipinski definition) is 5. The highest BCUT2D eigenvalue weighted by atomic mass is 16.5. The van der Waals surface area contributed by atoms with Crippen LogP contribution < -0.4 is 5.32 Å². The molecule has 1 amide bonds. The Hall–Kier alpha value is -2.63. The molecule has 138 valence electrons. The molecule has 2 aromatic rings. The van der Waals surface area contributed by atoms with E-state index in [0.29, 0.717) is 31.0 Å². The topological polar surface area (TPSA) is 71.5 Å². The molecule has 1 aromatic carbocycles. The van der Waals surface area contributed by atoms with Crippen molar-refractivity contribution in [2.24, 2.45) is 0 Å². The van der Waals surface area contributed by atoms with E-state index in [4.69, 9.17) is 4.74 Å². The van der Waals surface area contributed by atoms with Crippen LogP contribution in [0.3, 0.4) is 0 Å². The highest BCUT2D eigenvalue weighted by Crippen LogP contribution is 2.28. The molecule has 0 aliphatic carbocycles. The van der Waals surface area contributed by atoms with Crippen molar-refractivity contribution in [2.75, 3.05) is 25.0 Å². The second-order valence-electron chi connectivity index (χ2n) is 6.52. The quantitative estimate of drug-likeness (QED) is 0.834. The first-order valence-electron chi connectivity index (χ1n) is 9.15. The Labute approximate surface area is 153 Å². The van der Waals surface area contributed by atoms with E-state index in [-0.39, 0.29) is 17.9 Å². The number of nitrogens with zero attached hydrogens (tertiary/aromatic N) is 2. The molecule has 26 heavy (non-hydrogen) atoms. The predicted molar refractivity (Wildman–Crippen MR) is 101 cm³/mol. The zero-order valence-corrected chi connectivity index (χ0v) is 15.5. The lowest BCUT2D eigenvalue weighted by Crippen LogP contribution is -2.31. The number of anilines is 1. The first-order chi connectivity index (χ1) is 12.5. The van der Waals surface area contributed by atoms with Crippen LogP contribution in [0.4, 0.5) is 5.82 Å². The number of fused-ring (bicyclic) bond motifs is 1. The van der Waals surface area contributed by atoms with E-state index < -0.39 is 0 Å². The Bertz CT molecular complexity index is 834. The third kappa shape index (κ3) is 3.49. The standard InChI is InChI=1S/C20H25N3O3/c1-4-17(24)23-11-10-14(12-23)21-19-18(20(25)26-5-2)13(3)15-8-6-7-9-16(15)22-19/h6-9,14H,4-5,10-12H2,1-3H3,(H,21,22). The molecular formula is C20H25N3O3. The van der Waals surface area contributed by atoms with Gasteiger partial charge in [0.2, 0.25) is 5.91 Å². The van der Waals surface area contributed by atoms with Crippen LogP contribution in [0.15, 0.2) is 24.3 Å². The molecule has 1 N–H and O–H groups in total. The fraction of sp³-hybridized carbons (Fsp3) is 0.450. The molecule has 0 bridgehead atoms. The summed E-state index contributed by atoms with van der Waals surface area (Å²) in [5, 5.41) is 4.32. The van der Waals surface area contributed by atoms with Crippen LogP contribution in [0.2, 0.25) is 0 Å². The van der Waals surface area contributed by atoms with Crippen LogP contribution in [-0.4, -0.2) is 47.5 Å². The molecule has 1 fully saturated rings. The number of esters is 1. The van der Waals surface area contributed by atoms with Crippen molar-refractivity contribution in [3.05, 3.63) is 35.4 Å². The zero-order valence-electron chi connectivity index (χ0n) is 15.5. The van der Waals surface area contributed by atoms with Gasteiger partial charge in [0.25, 0.3) is 0 Å². The van der Waals surface area contributed by atoms with Crippen molar-refractivity contribution in [3.8, 4) is 0 Å². The van der Waals surface area contributed by atoms with Gasteiger partial charge in [0.05, 0.1) is 12.1 Å². The van der Waals surface area contributed by atoms with Gasteiger partial charge in [-0.2, -0.15) is 0 Å². The molecule has 1 unspecified atom stereocenters. The zero-order chi connectivity index (χ0) is 18.7. The molecular weight excluding hydrogens is 330 g/mol. The van der Waals surface area contributed by atoms with Crippen LogP contribution in [0, 0.1) is 6.92 Å². The number of likely N-dealkylation sites (tertiary alicyclic amines) is 1. The summed E-state index contributed by atoms with van der Waals surface area (Å²) < 4.78 is 5.26. The number of aryl methyl sites for hydroxylation is 1. The maximum atomic E-state index is 12.6. The smallest absolute Gasteiger partial charge is 0.342 e. The molecule has 6 nitrogen and oxygen atoms in total. The number of amides is 1. The highest BCUT2D eigenvalue weighted by Gasteiger charge is 2.28. The average Bonchev–Trinajstić information content (AvgIpc) is 3.10. The van der Waals surface area contributed by atoms with E-state index in [1.165, 1.54) is 0 Å². The Morgan fingerprint density at radius 3 is 2.81 bits per heavy atom. The second-order valence-corrected chi connectivity index (χ2v) is 6.52. The number of carbonyl (C=O) groups excluding carboxylic acids is 2. The van der Waals surface area contributed by atoms with Crippen molar-refractivity contribution >= 4 is 28.6 Å².